The second kappa shape index (κ2) is 11.2. The van der Waals surface area contributed by atoms with Crippen LogP contribution in [0.15, 0.2) is 47.4 Å². The average Bonchev–Trinajstić information content (AvgIpc) is 3.43. The van der Waals surface area contributed by atoms with Crippen LogP contribution in [0, 0.1) is 0 Å². The lowest BCUT2D eigenvalue weighted by atomic mass is 10.1. The normalized spacial score (nSPS) is 16.8. The van der Waals surface area contributed by atoms with Gasteiger partial charge in [0, 0.05) is 32.6 Å². The van der Waals surface area contributed by atoms with Crippen LogP contribution in [0.1, 0.15) is 54.4 Å². The van der Waals surface area contributed by atoms with Crippen molar-refractivity contribution >= 4 is 27.5 Å². The maximum atomic E-state index is 13.1. The minimum atomic E-state index is -3.58. The Labute approximate surface area is 207 Å². The second-order valence-corrected chi connectivity index (χ2v) is 11.0. The Balaban J connectivity index is 1.45. The van der Waals surface area contributed by atoms with E-state index >= 15 is 0 Å². The molecule has 2 aliphatic heterocycles. The van der Waals surface area contributed by atoms with Crippen LogP contribution in [-0.4, -0.2) is 62.7 Å². The number of amides is 2. The fourth-order valence-electron chi connectivity index (χ4n) is 4.70. The molecular formula is C26H33N3O5S. The summed E-state index contributed by atoms with van der Waals surface area (Å²) in [5.41, 5.74) is 1.62. The SMILES string of the molecule is COc1ccc(S(=O)(=O)N2CCCCC2)cc1CCC(=O)Nc1ccccc1C(=O)N1CCCC1. The lowest BCUT2D eigenvalue weighted by Crippen LogP contribution is -2.35. The summed E-state index contributed by atoms with van der Waals surface area (Å²) in [6.45, 7) is 2.53. The predicted molar refractivity (Wildman–Crippen MR) is 134 cm³/mol. The smallest absolute Gasteiger partial charge is 0.255 e. The average molecular weight is 500 g/mol. The molecular weight excluding hydrogens is 466 g/mol. The van der Waals surface area contributed by atoms with Crippen LogP contribution >= 0.6 is 0 Å². The Morgan fingerprint density at radius 3 is 2.34 bits per heavy atom. The molecule has 2 aromatic rings. The highest BCUT2D eigenvalue weighted by molar-refractivity contribution is 7.89. The molecule has 0 saturated carbocycles. The molecule has 2 fully saturated rings. The Morgan fingerprint density at radius 1 is 0.943 bits per heavy atom. The zero-order valence-corrected chi connectivity index (χ0v) is 21.0. The first kappa shape index (κ1) is 25.2. The number of ether oxygens (including phenoxy) is 1. The van der Waals surface area contributed by atoms with Crippen LogP contribution < -0.4 is 10.1 Å². The van der Waals surface area contributed by atoms with Gasteiger partial charge < -0.3 is 15.0 Å². The number of anilines is 1. The summed E-state index contributed by atoms with van der Waals surface area (Å²) in [5, 5.41) is 2.87. The van der Waals surface area contributed by atoms with Crippen molar-refractivity contribution in [2.45, 2.75) is 49.8 Å². The molecule has 2 aromatic carbocycles. The van der Waals surface area contributed by atoms with Crippen molar-refractivity contribution in [3.05, 3.63) is 53.6 Å². The summed E-state index contributed by atoms with van der Waals surface area (Å²) in [6, 6.07) is 11.9. The topological polar surface area (TPSA) is 96.0 Å². The number of benzene rings is 2. The van der Waals surface area contributed by atoms with Gasteiger partial charge in [0.15, 0.2) is 0 Å². The standard InChI is InChI=1S/C26H33N3O5S/c1-34-24-13-12-21(35(32,33)29-17-5-2-6-18-29)19-20(24)11-14-25(30)27-23-10-4-3-9-22(23)26(31)28-15-7-8-16-28/h3-4,9-10,12-13,19H,2,5-8,11,14-18H2,1H3,(H,27,30). The number of nitrogens with zero attached hydrogens (tertiary/aromatic N) is 2. The molecule has 2 amide bonds. The zero-order valence-electron chi connectivity index (χ0n) is 20.2. The molecule has 2 saturated heterocycles. The fourth-order valence-corrected chi connectivity index (χ4v) is 6.26. The molecule has 4 rings (SSSR count). The van der Waals surface area contributed by atoms with Crippen molar-refractivity contribution < 1.29 is 22.7 Å². The summed E-state index contributed by atoms with van der Waals surface area (Å²) in [7, 11) is -2.06. The van der Waals surface area contributed by atoms with E-state index in [0.717, 1.165) is 45.2 Å². The third kappa shape index (κ3) is 5.85. The molecule has 0 aromatic heterocycles. The van der Waals surface area contributed by atoms with Gasteiger partial charge in [0.2, 0.25) is 15.9 Å². The highest BCUT2D eigenvalue weighted by Gasteiger charge is 2.27. The van der Waals surface area contributed by atoms with E-state index in [1.54, 1.807) is 42.5 Å². The monoisotopic (exact) mass is 499 g/mol. The Bertz CT molecular complexity index is 1170. The van der Waals surface area contributed by atoms with E-state index in [0.29, 0.717) is 42.1 Å². The second-order valence-electron chi connectivity index (χ2n) is 9.03. The summed E-state index contributed by atoms with van der Waals surface area (Å²) in [5.74, 6) is 0.216. The molecule has 1 N–H and O–H groups in total. The highest BCUT2D eigenvalue weighted by atomic mass is 32.2. The fraction of sp³-hybridized carbons (Fsp3) is 0.462. The molecule has 0 atom stereocenters. The van der Waals surface area contributed by atoms with Gasteiger partial charge in [0.25, 0.3) is 5.91 Å². The number of carbonyl (C=O) groups is 2. The van der Waals surface area contributed by atoms with Crippen molar-refractivity contribution in [3.8, 4) is 5.75 Å². The van der Waals surface area contributed by atoms with Gasteiger partial charge in [-0.15, -0.1) is 0 Å². The number of likely N-dealkylation sites (tertiary alicyclic amines) is 1. The number of methoxy groups -OCH3 is 1. The molecule has 8 nitrogen and oxygen atoms in total. The molecule has 35 heavy (non-hydrogen) atoms. The van der Waals surface area contributed by atoms with Gasteiger partial charge in [0.05, 0.1) is 23.3 Å². The molecule has 2 heterocycles. The Morgan fingerprint density at radius 2 is 1.63 bits per heavy atom. The third-order valence-electron chi connectivity index (χ3n) is 6.65. The number of nitrogens with one attached hydrogen (secondary N) is 1. The van der Waals surface area contributed by atoms with Gasteiger partial charge in [0.1, 0.15) is 5.75 Å². The quantitative estimate of drug-likeness (QED) is 0.598. The van der Waals surface area contributed by atoms with E-state index in [2.05, 4.69) is 5.32 Å². The maximum Gasteiger partial charge on any atom is 0.255 e. The van der Waals surface area contributed by atoms with E-state index in [4.69, 9.17) is 4.74 Å². The molecule has 188 valence electrons. The first-order chi connectivity index (χ1) is 16.9. The summed E-state index contributed by atoms with van der Waals surface area (Å²) < 4.78 is 33.2. The number of rotatable bonds is 8. The lowest BCUT2D eigenvalue weighted by molar-refractivity contribution is -0.116. The molecule has 0 radical (unpaired) electrons. The summed E-state index contributed by atoms with van der Waals surface area (Å²) >= 11 is 0. The number of sulfonamides is 1. The molecule has 0 aliphatic carbocycles. The minimum absolute atomic E-state index is 0.0734. The summed E-state index contributed by atoms with van der Waals surface area (Å²) in [4.78, 5) is 27.7. The van der Waals surface area contributed by atoms with Gasteiger partial charge in [-0.25, -0.2) is 8.42 Å². The van der Waals surface area contributed by atoms with Crippen molar-refractivity contribution in [3.63, 3.8) is 0 Å². The third-order valence-corrected chi connectivity index (χ3v) is 8.55. The van der Waals surface area contributed by atoms with E-state index in [1.807, 2.05) is 4.90 Å². The van der Waals surface area contributed by atoms with Crippen molar-refractivity contribution in [1.29, 1.82) is 0 Å². The van der Waals surface area contributed by atoms with Gasteiger partial charge in [-0.1, -0.05) is 18.6 Å². The van der Waals surface area contributed by atoms with Crippen molar-refractivity contribution in [2.75, 3.05) is 38.6 Å². The number of piperidine rings is 1. The summed E-state index contributed by atoms with van der Waals surface area (Å²) in [6.07, 6.45) is 5.19. The van der Waals surface area contributed by atoms with E-state index in [1.165, 1.54) is 11.4 Å². The van der Waals surface area contributed by atoms with Crippen LogP contribution in [0.3, 0.4) is 0 Å². The van der Waals surface area contributed by atoms with Gasteiger partial charge in [-0.3, -0.25) is 9.59 Å². The maximum absolute atomic E-state index is 13.1. The first-order valence-electron chi connectivity index (χ1n) is 12.3. The van der Waals surface area contributed by atoms with E-state index in [9.17, 15) is 18.0 Å². The number of carbonyl (C=O) groups excluding carboxylic acids is 2. The van der Waals surface area contributed by atoms with E-state index < -0.39 is 10.0 Å². The van der Waals surface area contributed by atoms with E-state index in [-0.39, 0.29) is 23.1 Å². The van der Waals surface area contributed by atoms with Crippen LogP contribution in [0.2, 0.25) is 0 Å². The van der Waals surface area contributed by atoms with Crippen molar-refractivity contribution in [1.82, 2.24) is 9.21 Å². The predicted octanol–water partition coefficient (Wildman–Crippen LogP) is 3.68. The number of aryl methyl sites for hydroxylation is 1. The van der Waals surface area contributed by atoms with Gasteiger partial charge in [-0.2, -0.15) is 4.31 Å². The number of para-hydroxylation sites is 1. The Hall–Kier alpha value is -2.91. The molecule has 0 bridgehead atoms. The molecule has 9 heteroatoms. The van der Waals surface area contributed by atoms with Gasteiger partial charge in [-0.05, 0) is 68.0 Å². The van der Waals surface area contributed by atoms with Crippen LogP contribution in [-0.2, 0) is 21.2 Å². The van der Waals surface area contributed by atoms with Gasteiger partial charge >= 0.3 is 0 Å². The zero-order chi connectivity index (χ0) is 24.8. The minimum Gasteiger partial charge on any atom is -0.496 e. The molecule has 2 aliphatic rings. The Kier molecular flexibility index (Phi) is 8.07. The first-order valence-corrected chi connectivity index (χ1v) is 13.7. The molecule has 0 unspecified atom stereocenters. The van der Waals surface area contributed by atoms with Crippen LogP contribution in [0.5, 0.6) is 5.75 Å². The molecule has 0 spiro atoms. The van der Waals surface area contributed by atoms with Crippen LogP contribution in [0.25, 0.3) is 0 Å². The lowest BCUT2D eigenvalue weighted by Gasteiger charge is -2.26. The highest BCUT2D eigenvalue weighted by Crippen LogP contribution is 2.27. The number of hydrogen-bond acceptors (Lipinski definition) is 5. The number of hydrogen-bond donors (Lipinski definition) is 1. The van der Waals surface area contributed by atoms with Crippen LogP contribution in [0.4, 0.5) is 5.69 Å². The largest absolute Gasteiger partial charge is 0.496 e. The van der Waals surface area contributed by atoms with Crippen molar-refractivity contribution in [2.24, 2.45) is 0 Å².